The highest BCUT2D eigenvalue weighted by molar-refractivity contribution is 6.16. The fourth-order valence-corrected chi connectivity index (χ4v) is 1.18. The number of alkyl halides is 1. The molecule has 1 heterocycles. The van der Waals surface area contributed by atoms with E-state index in [4.69, 9.17) is 20.8 Å². The van der Waals surface area contributed by atoms with Gasteiger partial charge in [-0.05, 0) is 12.1 Å². The topological polar surface area (TPSA) is 35.3 Å². The molecule has 1 aromatic heterocycles. The van der Waals surface area contributed by atoms with E-state index in [2.05, 4.69) is 4.98 Å². The Balaban J connectivity index is 2.23. The predicted molar refractivity (Wildman–Crippen MR) is 52.5 cm³/mol. The van der Waals surface area contributed by atoms with Crippen LogP contribution in [-0.4, -0.2) is 4.98 Å². The second kappa shape index (κ2) is 4.49. The second-order valence-electron chi connectivity index (χ2n) is 2.89. The van der Waals surface area contributed by atoms with Crippen molar-refractivity contribution < 1.29 is 17.9 Å². The van der Waals surface area contributed by atoms with Crippen molar-refractivity contribution in [3.63, 3.8) is 0 Å². The Labute approximate surface area is 94.6 Å². The minimum atomic E-state index is -1.09. The van der Waals surface area contributed by atoms with Crippen LogP contribution in [0.15, 0.2) is 28.9 Å². The van der Waals surface area contributed by atoms with Crippen molar-refractivity contribution >= 4 is 11.6 Å². The summed E-state index contributed by atoms with van der Waals surface area (Å²) in [4.78, 5) is 3.78. The molecule has 0 fully saturated rings. The molecule has 16 heavy (non-hydrogen) atoms. The van der Waals surface area contributed by atoms with Gasteiger partial charge in [0.2, 0.25) is 5.82 Å². The average Bonchev–Trinajstić information content (AvgIpc) is 2.73. The van der Waals surface area contributed by atoms with Crippen LogP contribution in [0, 0.1) is 11.6 Å². The Kier molecular flexibility index (Phi) is 3.05. The smallest absolute Gasteiger partial charge is 0.399 e. The van der Waals surface area contributed by atoms with E-state index in [1.54, 1.807) is 0 Å². The van der Waals surface area contributed by atoms with E-state index in [9.17, 15) is 8.78 Å². The summed E-state index contributed by atoms with van der Waals surface area (Å²) in [6, 6.07) is 3.57. The molecule has 0 radical (unpaired) electrons. The molecular formula is C10H6ClF2NO2. The molecule has 0 bridgehead atoms. The number of hydrogen-bond donors (Lipinski definition) is 0. The van der Waals surface area contributed by atoms with Crippen LogP contribution in [0.25, 0.3) is 0 Å². The highest BCUT2D eigenvalue weighted by atomic mass is 35.5. The van der Waals surface area contributed by atoms with Gasteiger partial charge in [0.15, 0.2) is 11.6 Å². The standard InChI is InChI=1S/C10H6ClF2NO2/c11-4-6-5-15-10(14-6)16-8-3-1-2-7(12)9(8)13/h1-3,5H,4H2. The lowest BCUT2D eigenvalue weighted by Crippen LogP contribution is -1.91. The lowest BCUT2D eigenvalue weighted by atomic mass is 10.3. The number of halogens is 3. The Bertz CT molecular complexity index is 501. The van der Waals surface area contributed by atoms with Gasteiger partial charge in [0.05, 0.1) is 11.6 Å². The lowest BCUT2D eigenvalue weighted by molar-refractivity contribution is 0.313. The Morgan fingerprint density at radius 3 is 2.88 bits per heavy atom. The van der Waals surface area contributed by atoms with E-state index in [-0.39, 0.29) is 17.7 Å². The zero-order valence-corrected chi connectivity index (χ0v) is 8.67. The van der Waals surface area contributed by atoms with Gasteiger partial charge in [-0.3, -0.25) is 0 Å². The molecule has 0 saturated carbocycles. The van der Waals surface area contributed by atoms with Crippen LogP contribution in [-0.2, 0) is 5.88 Å². The Hall–Kier alpha value is -1.62. The number of hydrogen-bond acceptors (Lipinski definition) is 3. The molecule has 0 spiro atoms. The number of nitrogens with zero attached hydrogens (tertiary/aromatic N) is 1. The zero-order chi connectivity index (χ0) is 11.5. The third kappa shape index (κ3) is 2.14. The van der Waals surface area contributed by atoms with Gasteiger partial charge in [-0.15, -0.1) is 11.6 Å². The fourth-order valence-electron chi connectivity index (χ4n) is 1.05. The van der Waals surface area contributed by atoms with Crippen LogP contribution in [0.5, 0.6) is 11.8 Å². The largest absolute Gasteiger partial charge is 0.417 e. The number of oxazole rings is 1. The van der Waals surface area contributed by atoms with Gasteiger partial charge in [-0.25, -0.2) is 4.39 Å². The lowest BCUT2D eigenvalue weighted by Gasteiger charge is -2.01. The number of rotatable bonds is 3. The Morgan fingerprint density at radius 2 is 2.19 bits per heavy atom. The summed E-state index contributed by atoms with van der Waals surface area (Å²) in [5.74, 6) is -2.23. The molecule has 0 atom stereocenters. The summed E-state index contributed by atoms with van der Waals surface area (Å²) in [5.41, 5.74) is 0.452. The maximum Gasteiger partial charge on any atom is 0.399 e. The molecule has 2 aromatic rings. The van der Waals surface area contributed by atoms with Crippen LogP contribution in [0.3, 0.4) is 0 Å². The van der Waals surface area contributed by atoms with Crippen molar-refractivity contribution in [2.24, 2.45) is 0 Å². The summed E-state index contributed by atoms with van der Waals surface area (Å²) in [5, 5.41) is 0. The first-order valence-electron chi connectivity index (χ1n) is 4.33. The number of aromatic nitrogens is 1. The molecule has 2 rings (SSSR count). The van der Waals surface area contributed by atoms with Gasteiger partial charge in [0, 0.05) is 0 Å². The first-order valence-corrected chi connectivity index (χ1v) is 4.86. The molecule has 3 nitrogen and oxygen atoms in total. The highest BCUT2D eigenvalue weighted by Gasteiger charge is 2.12. The molecule has 1 aromatic carbocycles. The maximum absolute atomic E-state index is 13.2. The predicted octanol–water partition coefficient (Wildman–Crippen LogP) is 3.48. The van der Waals surface area contributed by atoms with Gasteiger partial charge >= 0.3 is 6.08 Å². The molecule has 0 saturated heterocycles. The van der Waals surface area contributed by atoms with Crippen LogP contribution < -0.4 is 4.74 Å². The number of benzene rings is 1. The normalized spacial score (nSPS) is 10.4. The van der Waals surface area contributed by atoms with Crippen molar-refractivity contribution in [3.05, 3.63) is 41.8 Å². The monoisotopic (exact) mass is 245 g/mol. The van der Waals surface area contributed by atoms with Gasteiger partial charge in [-0.2, -0.15) is 9.37 Å². The second-order valence-corrected chi connectivity index (χ2v) is 3.16. The molecule has 84 valence electrons. The van der Waals surface area contributed by atoms with E-state index >= 15 is 0 Å². The van der Waals surface area contributed by atoms with Crippen molar-refractivity contribution in [1.82, 2.24) is 4.98 Å². The maximum atomic E-state index is 13.2. The molecule has 0 N–H and O–H groups in total. The van der Waals surface area contributed by atoms with Crippen molar-refractivity contribution in [3.8, 4) is 11.8 Å². The first kappa shape index (κ1) is 10.9. The van der Waals surface area contributed by atoms with Gasteiger partial charge in [-0.1, -0.05) is 6.07 Å². The van der Waals surface area contributed by atoms with E-state index in [0.717, 1.165) is 6.07 Å². The fraction of sp³-hybridized carbons (Fsp3) is 0.100. The third-order valence-electron chi connectivity index (χ3n) is 1.78. The summed E-state index contributed by atoms with van der Waals surface area (Å²) in [6.07, 6.45) is 1.10. The SMILES string of the molecule is Fc1cccc(Oc2nc(CCl)co2)c1F. The van der Waals surface area contributed by atoms with Crippen molar-refractivity contribution in [2.45, 2.75) is 5.88 Å². The molecule has 0 aliphatic rings. The van der Waals surface area contributed by atoms with Crippen molar-refractivity contribution in [2.75, 3.05) is 0 Å². The minimum Gasteiger partial charge on any atom is -0.417 e. The Morgan fingerprint density at radius 1 is 1.38 bits per heavy atom. The van der Waals surface area contributed by atoms with E-state index in [1.165, 1.54) is 18.4 Å². The van der Waals surface area contributed by atoms with Gasteiger partial charge < -0.3 is 9.15 Å². The number of ether oxygens (including phenoxy) is 1. The molecule has 0 aliphatic carbocycles. The van der Waals surface area contributed by atoms with Crippen molar-refractivity contribution in [1.29, 1.82) is 0 Å². The van der Waals surface area contributed by atoms with Crippen LogP contribution >= 0.6 is 11.6 Å². The van der Waals surface area contributed by atoms with E-state index in [0.29, 0.717) is 5.69 Å². The third-order valence-corrected chi connectivity index (χ3v) is 2.05. The highest BCUT2D eigenvalue weighted by Crippen LogP contribution is 2.25. The molecular weight excluding hydrogens is 240 g/mol. The van der Waals surface area contributed by atoms with E-state index in [1.807, 2.05) is 0 Å². The average molecular weight is 246 g/mol. The summed E-state index contributed by atoms with van der Waals surface area (Å²) in [6.45, 7) is 0. The van der Waals surface area contributed by atoms with E-state index < -0.39 is 11.6 Å². The van der Waals surface area contributed by atoms with Gasteiger partial charge in [0.25, 0.3) is 0 Å². The van der Waals surface area contributed by atoms with Crippen LogP contribution in [0.2, 0.25) is 0 Å². The van der Waals surface area contributed by atoms with Crippen LogP contribution in [0.1, 0.15) is 5.69 Å². The van der Waals surface area contributed by atoms with Crippen LogP contribution in [0.4, 0.5) is 8.78 Å². The van der Waals surface area contributed by atoms with Gasteiger partial charge in [0.1, 0.15) is 6.26 Å². The summed E-state index contributed by atoms with van der Waals surface area (Å²) >= 11 is 5.49. The molecule has 0 unspecified atom stereocenters. The summed E-state index contributed by atoms with van der Waals surface area (Å²) < 4.78 is 35.8. The molecule has 0 aliphatic heterocycles. The zero-order valence-electron chi connectivity index (χ0n) is 7.91. The quantitative estimate of drug-likeness (QED) is 0.777. The summed E-state index contributed by atoms with van der Waals surface area (Å²) in [7, 11) is 0. The first-order chi connectivity index (χ1) is 7.70. The molecule has 0 amide bonds. The minimum absolute atomic E-state index is 0.151. The molecule has 6 heteroatoms.